The zero-order chi connectivity index (χ0) is 13.1. The molecule has 2 rings (SSSR count). The van der Waals surface area contributed by atoms with E-state index in [0.29, 0.717) is 24.3 Å². The van der Waals surface area contributed by atoms with E-state index in [-0.39, 0.29) is 24.1 Å². The van der Waals surface area contributed by atoms with Crippen LogP contribution in [0.25, 0.3) is 0 Å². The fraction of sp³-hybridized carbons (Fsp3) is 0.538. The standard InChI is InChI=1S/C13H18FNO3/c1-16-12-6-9(7-13(12)17-2)18-11-5-8(14)3-4-10(11)15/h3-5,9,12-13H,6-7,15H2,1-2H3/t9?,12-,13+. The van der Waals surface area contributed by atoms with E-state index in [2.05, 4.69) is 0 Å². The van der Waals surface area contributed by atoms with Gasteiger partial charge in [0.25, 0.3) is 0 Å². The molecule has 0 aromatic heterocycles. The van der Waals surface area contributed by atoms with Gasteiger partial charge >= 0.3 is 0 Å². The Morgan fingerprint density at radius 2 is 1.78 bits per heavy atom. The van der Waals surface area contributed by atoms with E-state index in [4.69, 9.17) is 19.9 Å². The largest absolute Gasteiger partial charge is 0.488 e. The van der Waals surface area contributed by atoms with Crippen LogP contribution in [0.15, 0.2) is 18.2 Å². The van der Waals surface area contributed by atoms with Gasteiger partial charge in [-0.25, -0.2) is 4.39 Å². The third-order valence-electron chi connectivity index (χ3n) is 3.28. The molecule has 1 aliphatic rings. The molecule has 0 saturated heterocycles. The number of nitrogen functional groups attached to an aromatic ring is 1. The second kappa shape index (κ2) is 5.54. The zero-order valence-electron chi connectivity index (χ0n) is 10.6. The van der Waals surface area contributed by atoms with Gasteiger partial charge in [-0.05, 0) is 12.1 Å². The molecule has 0 amide bonds. The molecule has 0 radical (unpaired) electrons. The minimum Gasteiger partial charge on any atom is -0.488 e. The Morgan fingerprint density at radius 1 is 1.17 bits per heavy atom. The lowest BCUT2D eigenvalue weighted by Crippen LogP contribution is -2.23. The first kappa shape index (κ1) is 13.1. The molecule has 1 saturated carbocycles. The number of benzene rings is 1. The van der Waals surface area contributed by atoms with Crippen molar-refractivity contribution in [1.29, 1.82) is 0 Å². The average molecular weight is 255 g/mol. The van der Waals surface area contributed by atoms with Crippen molar-refractivity contribution in [1.82, 2.24) is 0 Å². The monoisotopic (exact) mass is 255 g/mol. The summed E-state index contributed by atoms with van der Waals surface area (Å²) in [6.45, 7) is 0. The zero-order valence-corrected chi connectivity index (χ0v) is 10.6. The van der Waals surface area contributed by atoms with Crippen LogP contribution in [0.4, 0.5) is 10.1 Å². The van der Waals surface area contributed by atoms with E-state index in [0.717, 1.165) is 0 Å². The maximum absolute atomic E-state index is 13.1. The fourth-order valence-corrected chi connectivity index (χ4v) is 2.30. The molecule has 0 aliphatic heterocycles. The topological polar surface area (TPSA) is 53.7 Å². The van der Waals surface area contributed by atoms with Gasteiger partial charge in [-0.15, -0.1) is 0 Å². The van der Waals surface area contributed by atoms with E-state index >= 15 is 0 Å². The van der Waals surface area contributed by atoms with E-state index in [1.807, 2.05) is 0 Å². The molecular weight excluding hydrogens is 237 g/mol. The molecule has 0 heterocycles. The SMILES string of the molecule is CO[C@H]1CC(Oc2cc(F)ccc2N)C[C@H]1OC. The summed E-state index contributed by atoms with van der Waals surface area (Å²) >= 11 is 0. The first-order chi connectivity index (χ1) is 8.63. The van der Waals surface area contributed by atoms with Gasteiger partial charge in [-0.2, -0.15) is 0 Å². The molecule has 0 spiro atoms. The van der Waals surface area contributed by atoms with Crippen molar-refractivity contribution in [2.45, 2.75) is 31.2 Å². The summed E-state index contributed by atoms with van der Waals surface area (Å²) in [6, 6.07) is 4.12. The van der Waals surface area contributed by atoms with Crippen LogP contribution in [-0.2, 0) is 9.47 Å². The first-order valence-corrected chi connectivity index (χ1v) is 5.91. The molecule has 1 aromatic rings. The van der Waals surface area contributed by atoms with Crippen molar-refractivity contribution in [2.75, 3.05) is 20.0 Å². The number of rotatable bonds is 4. The molecular formula is C13H18FNO3. The Hall–Kier alpha value is -1.33. The van der Waals surface area contributed by atoms with Gasteiger partial charge in [0.2, 0.25) is 0 Å². The maximum atomic E-state index is 13.1. The predicted octanol–water partition coefficient (Wildman–Crippen LogP) is 1.98. The third-order valence-corrected chi connectivity index (χ3v) is 3.28. The summed E-state index contributed by atoms with van der Waals surface area (Å²) < 4.78 is 29.5. The van der Waals surface area contributed by atoms with Crippen molar-refractivity contribution in [2.24, 2.45) is 0 Å². The van der Waals surface area contributed by atoms with Crippen molar-refractivity contribution < 1.29 is 18.6 Å². The first-order valence-electron chi connectivity index (χ1n) is 5.91. The van der Waals surface area contributed by atoms with Gasteiger partial charge in [0.05, 0.1) is 17.9 Å². The highest BCUT2D eigenvalue weighted by atomic mass is 19.1. The van der Waals surface area contributed by atoms with E-state index in [9.17, 15) is 4.39 Å². The van der Waals surface area contributed by atoms with Crippen molar-refractivity contribution in [3.05, 3.63) is 24.0 Å². The highest BCUT2D eigenvalue weighted by Gasteiger charge is 2.36. The van der Waals surface area contributed by atoms with Crippen LogP contribution < -0.4 is 10.5 Å². The van der Waals surface area contributed by atoms with E-state index < -0.39 is 0 Å². The molecule has 4 nitrogen and oxygen atoms in total. The molecule has 1 aromatic carbocycles. The Balaban J connectivity index is 2.04. The second-order valence-electron chi connectivity index (χ2n) is 4.44. The molecule has 1 aliphatic carbocycles. The van der Waals surface area contributed by atoms with E-state index in [1.54, 1.807) is 14.2 Å². The van der Waals surface area contributed by atoms with Gasteiger partial charge in [-0.3, -0.25) is 0 Å². The summed E-state index contributed by atoms with van der Waals surface area (Å²) in [7, 11) is 3.30. The highest BCUT2D eigenvalue weighted by Crippen LogP contribution is 2.31. The maximum Gasteiger partial charge on any atom is 0.145 e. The van der Waals surface area contributed by atoms with Gasteiger partial charge in [0.15, 0.2) is 0 Å². The number of nitrogens with two attached hydrogens (primary N) is 1. The van der Waals surface area contributed by atoms with Gasteiger partial charge in [0.1, 0.15) is 17.7 Å². The second-order valence-corrected chi connectivity index (χ2v) is 4.44. The van der Waals surface area contributed by atoms with Crippen molar-refractivity contribution >= 4 is 5.69 Å². The molecule has 0 bridgehead atoms. The number of hydrogen-bond donors (Lipinski definition) is 1. The minimum atomic E-state index is -0.358. The molecule has 1 fully saturated rings. The predicted molar refractivity (Wildman–Crippen MR) is 66.1 cm³/mol. The molecule has 5 heteroatoms. The number of methoxy groups -OCH3 is 2. The van der Waals surface area contributed by atoms with Crippen LogP contribution in [-0.4, -0.2) is 32.5 Å². The summed E-state index contributed by atoms with van der Waals surface area (Å²) in [6.07, 6.45) is 1.38. The summed E-state index contributed by atoms with van der Waals surface area (Å²) in [4.78, 5) is 0. The number of anilines is 1. The Bertz CT molecular complexity index is 401. The normalized spacial score (nSPS) is 27.4. The lowest BCUT2D eigenvalue weighted by Gasteiger charge is -2.15. The smallest absolute Gasteiger partial charge is 0.145 e. The molecule has 18 heavy (non-hydrogen) atoms. The van der Waals surface area contributed by atoms with Gasteiger partial charge < -0.3 is 19.9 Å². The Morgan fingerprint density at radius 3 is 2.33 bits per heavy atom. The molecule has 3 atom stereocenters. The van der Waals surface area contributed by atoms with Crippen LogP contribution in [0.5, 0.6) is 5.75 Å². The summed E-state index contributed by atoms with van der Waals surface area (Å²) in [5, 5.41) is 0. The number of ether oxygens (including phenoxy) is 3. The molecule has 2 N–H and O–H groups in total. The van der Waals surface area contributed by atoms with Crippen LogP contribution in [0.3, 0.4) is 0 Å². The fourth-order valence-electron chi connectivity index (χ4n) is 2.30. The average Bonchev–Trinajstić information content (AvgIpc) is 2.76. The van der Waals surface area contributed by atoms with Gasteiger partial charge in [-0.1, -0.05) is 0 Å². The van der Waals surface area contributed by atoms with Crippen LogP contribution >= 0.6 is 0 Å². The van der Waals surface area contributed by atoms with Crippen molar-refractivity contribution in [3.63, 3.8) is 0 Å². The minimum absolute atomic E-state index is 0.00906. The quantitative estimate of drug-likeness (QED) is 0.836. The van der Waals surface area contributed by atoms with E-state index in [1.165, 1.54) is 18.2 Å². The van der Waals surface area contributed by atoms with Crippen LogP contribution in [0.2, 0.25) is 0 Å². The number of hydrogen-bond acceptors (Lipinski definition) is 4. The lowest BCUT2D eigenvalue weighted by molar-refractivity contribution is -0.0157. The summed E-state index contributed by atoms with van der Waals surface area (Å²) in [5.74, 6) is 0.0235. The Kier molecular flexibility index (Phi) is 4.04. The van der Waals surface area contributed by atoms with Crippen molar-refractivity contribution in [3.8, 4) is 5.75 Å². The molecule has 1 unspecified atom stereocenters. The molecule has 100 valence electrons. The Labute approximate surface area is 106 Å². The number of halogens is 1. The third kappa shape index (κ3) is 2.73. The summed E-state index contributed by atoms with van der Waals surface area (Å²) in [5.41, 5.74) is 6.18. The lowest BCUT2D eigenvalue weighted by atomic mass is 10.2. The highest BCUT2D eigenvalue weighted by molar-refractivity contribution is 5.52. The van der Waals surface area contributed by atoms with Crippen LogP contribution in [0.1, 0.15) is 12.8 Å². The van der Waals surface area contributed by atoms with Gasteiger partial charge in [0, 0.05) is 33.1 Å². The van der Waals surface area contributed by atoms with Crippen LogP contribution in [0, 0.1) is 5.82 Å².